The Bertz CT molecular complexity index is 930. The molecule has 9 heteroatoms. The summed E-state index contributed by atoms with van der Waals surface area (Å²) in [6.07, 6.45) is 1.28. The molecule has 0 aliphatic rings. The fourth-order valence-electron chi connectivity index (χ4n) is 2.09. The molecule has 2 N–H and O–H groups in total. The van der Waals surface area contributed by atoms with Gasteiger partial charge in [-0.3, -0.25) is 14.6 Å². The number of nitrogens with one attached hydrogen (secondary N) is 2. The first-order valence-electron chi connectivity index (χ1n) is 6.59. The van der Waals surface area contributed by atoms with Crippen LogP contribution in [0, 0.1) is 0 Å². The zero-order chi connectivity index (χ0) is 16.4. The van der Waals surface area contributed by atoms with Crippen LogP contribution in [0.15, 0.2) is 35.4 Å². The third kappa shape index (κ3) is 2.71. The molecule has 0 spiro atoms. The van der Waals surface area contributed by atoms with Gasteiger partial charge in [-0.1, -0.05) is 0 Å². The van der Waals surface area contributed by atoms with E-state index in [9.17, 15) is 9.59 Å². The molecule has 118 valence electrons. The summed E-state index contributed by atoms with van der Waals surface area (Å²) in [6.45, 7) is 0. The molecule has 9 nitrogen and oxygen atoms in total. The van der Waals surface area contributed by atoms with E-state index in [1.807, 2.05) is 0 Å². The summed E-state index contributed by atoms with van der Waals surface area (Å²) in [6, 6.07) is 5.97. The van der Waals surface area contributed by atoms with Gasteiger partial charge in [0.1, 0.15) is 12.1 Å². The van der Waals surface area contributed by atoms with Crippen LogP contribution in [0.1, 0.15) is 10.4 Å². The predicted octanol–water partition coefficient (Wildman–Crippen LogP) is 0.687. The van der Waals surface area contributed by atoms with Crippen LogP contribution in [0.3, 0.4) is 0 Å². The minimum absolute atomic E-state index is 0.209. The molecule has 3 rings (SSSR count). The van der Waals surface area contributed by atoms with Gasteiger partial charge in [0.25, 0.3) is 11.5 Å². The van der Waals surface area contributed by atoms with Gasteiger partial charge >= 0.3 is 0 Å². The molecule has 0 bridgehead atoms. The normalized spacial score (nSPS) is 10.5. The average Bonchev–Trinajstić information content (AvgIpc) is 3.02. The lowest BCUT2D eigenvalue weighted by molar-refractivity contribution is 0.102. The van der Waals surface area contributed by atoms with E-state index < -0.39 is 11.5 Å². The maximum Gasteiger partial charge on any atom is 0.256 e. The van der Waals surface area contributed by atoms with E-state index in [2.05, 4.69) is 20.4 Å². The van der Waals surface area contributed by atoms with E-state index in [0.29, 0.717) is 17.1 Å². The summed E-state index contributed by atoms with van der Waals surface area (Å²) < 4.78 is 11.6. The first kappa shape index (κ1) is 14.6. The molecule has 0 aliphatic heterocycles. The van der Waals surface area contributed by atoms with Crippen molar-refractivity contribution < 1.29 is 14.3 Å². The number of rotatable bonds is 4. The molecular formula is C14H13N5O4. The van der Waals surface area contributed by atoms with Gasteiger partial charge in [0.15, 0.2) is 11.5 Å². The Morgan fingerprint density at radius 3 is 2.74 bits per heavy atom. The average molecular weight is 315 g/mol. The molecule has 1 aromatic carbocycles. The van der Waals surface area contributed by atoms with Gasteiger partial charge in [0.2, 0.25) is 5.78 Å². The van der Waals surface area contributed by atoms with Crippen LogP contribution in [0.25, 0.3) is 5.78 Å². The number of benzene rings is 1. The summed E-state index contributed by atoms with van der Waals surface area (Å²) in [7, 11) is 2.99. The largest absolute Gasteiger partial charge is 0.493 e. The van der Waals surface area contributed by atoms with E-state index in [0.717, 1.165) is 0 Å². The number of carbonyl (C=O) groups is 1. The lowest BCUT2D eigenvalue weighted by Crippen LogP contribution is -2.18. The lowest BCUT2D eigenvalue weighted by Gasteiger charge is -2.10. The minimum atomic E-state index is -0.423. The highest BCUT2D eigenvalue weighted by molar-refractivity contribution is 6.04. The van der Waals surface area contributed by atoms with Crippen molar-refractivity contribution >= 4 is 17.5 Å². The van der Waals surface area contributed by atoms with Gasteiger partial charge in [0, 0.05) is 11.6 Å². The molecule has 23 heavy (non-hydrogen) atoms. The Morgan fingerprint density at radius 1 is 1.22 bits per heavy atom. The summed E-state index contributed by atoms with van der Waals surface area (Å²) in [5.41, 5.74) is -0.0516. The Balaban J connectivity index is 1.95. The van der Waals surface area contributed by atoms with Crippen molar-refractivity contribution in [2.75, 3.05) is 19.5 Å². The molecule has 0 aliphatic carbocycles. The Hall–Kier alpha value is -3.36. The minimum Gasteiger partial charge on any atom is -0.493 e. The number of carbonyl (C=O) groups excluding carboxylic acids is 1. The summed E-state index contributed by atoms with van der Waals surface area (Å²) in [5, 5.41) is 6.57. The van der Waals surface area contributed by atoms with Gasteiger partial charge in [0.05, 0.1) is 14.2 Å². The Kier molecular flexibility index (Phi) is 3.67. The van der Waals surface area contributed by atoms with Crippen LogP contribution < -0.4 is 20.3 Å². The molecule has 0 saturated carbocycles. The number of H-pyrrole nitrogens is 1. The monoisotopic (exact) mass is 315 g/mol. The number of methoxy groups -OCH3 is 2. The first-order valence-corrected chi connectivity index (χ1v) is 6.59. The van der Waals surface area contributed by atoms with Crippen LogP contribution in [-0.2, 0) is 0 Å². The van der Waals surface area contributed by atoms with E-state index in [4.69, 9.17) is 9.47 Å². The quantitative estimate of drug-likeness (QED) is 0.733. The smallest absolute Gasteiger partial charge is 0.256 e. The molecule has 1 amide bonds. The zero-order valence-corrected chi connectivity index (χ0v) is 12.4. The number of nitrogens with zero attached hydrogens (tertiary/aromatic N) is 3. The second kappa shape index (κ2) is 5.79. The van der Waals surface area contributed by atoms with Crippen LogP contribution in [0.4, 0.5) is 5.82 Å². The number of ether oxygens (including phenoxy) is 2. The molecule has 0 atom stereocenters. The number of amides is 1. The molecule has 2 heterocycles. The highest BCUT2D eigenvalue weighted by atomic mass is 16.5. The van der Waals surface area contributed by atoms with Crippen LogP contribution >= 0.6 is 0 Å². The SMILES string of the molecule is COc1ccc(C(=O)Nc2cc(=O)[nH]c3ncnn23)cc1OC. The second-order valence-electron chi connectivity index (χ2n) is 4.54. The Labute approximate surface area is 129 Å². The maximum absolute atomic E-state index is 12.4. The summed E-state index contributed by atoms with van der Waals surface area (Å²) in [4.78, 5) is 30.3. The zero-order valence-electron chi connectivity index (χ0n) is 12.4. The van der Waals surface area contributed by atoms with E-state index >= 15 is 0 Å². The van der Waals surface area contributed by atoms with Crippen molar-refractivity contribution in [1.29, 1.82) is 0 Å². The highest BCUT2D eigenvalue weighted by Crippen LogP contribution is 2.27. The number of anilines is 1. The molecule has 0 saturated heterocycles. The van der Waals surface area contributed by atoms with Gasteiger partial charge in [-0.05, 0) is 18.2 Å². The molecule has 2 aromatic heterocycles. The number of fused-ring (bicyclic) bond motifs is 1. The summed E-state index contributed by atoms with van der Waals surface area (Å²) >= 11 is 0. The lowest BCUT2D eigenvalue weighted by atomic mass is 10.2. The molecule has 0 unspecified atom stereocenters. The van der Waals surface area contributed by atoms with Crippen LogP contribution in [0.5, 0.6) is 11.5 Å². The van der Waals surface area contributed by atoms with Crippen molar-refractivity contribution in [3.63, 3.8) is 0 Å². The Morgan fingerprint density at radius 2 is 2.00 bits per heavy atom. The highest BCUT2D eigenvalue weighted by Gasteiger charge is 2.13. The van der Waals surface area contributed by atoms with Gasteiger partial charge in [-0.2, -0.15) is 14.6 Å². The van der Waals surface area contributed by atoms with Gasteiger partial charge in [-0.15, -0.1) is 0 Å². The predicted molar refractivity (Wildman–Crippen MR) is 81.1 cm³/mol. The van der Waals surface area contributed by atoms with Gasteiger partial charge < -0.3 is 14.8 Å². The van der Waals surface area contributed by atoms with Crippen molar-refractivity contribution in [3.05, 3.63) is 46.5 Å². The van der Waals surface area contributed by atoms with E-state index in [-0.39, 0.29) is 11.6 Å². The molecule has 0 fully saturated rings. The van der Waals surface area contributed by atoms with Crippen molar-refractivity contribution in [1.82, 2.24) is 19.6 Å². The number of aromatic amines is 1. The topological polar surface area (TPSA) is 111 Å². The van der Waals surface area contributed by atoms with Crippen molar-refractivity contribution in [2.24, 2.45) is 0 Å². The molecule has 0 radical (unpaired) electrons. The van der Waals surface area contributed by atoms with E-state index in [1.165, 1.54) is 31.1 Å². The standard InChI is InChI=1S/C14H13N5O4/c1-22-9-4-3-8(5-10(9)23-2)13(21)17-11-6-12(20)18-14-15-7-16-19(11)14/h3-7H,1-2H3,(H,17,21)(H,15,16,18,20). The van der Waals surface area contributed by atoms with Gasteiger partial charge in [-0.25, -0.2) is 0 Å². The van der Waals surface area contributed by atoms with Crippen LogP contribution in [-0.4, -0.2) is 39.7 Å². The number of aromatic nitrogens is 4. The van der Waals surface area contributed by atoms with Crippen LogP contribution in [0.2, 0.25) is 0 Å². The number of hydrogen-bond acceptors (Lipinski definition) is 6. The fraction of sp³-hybridized carbons (Fsp3) is 0.143. The number of hydrogen-bond donors (Lipinski definition) is 2. The summed E-state index contributed by atoms with van der Waals surface area (Å²) in [5.74, 6) is 0.963. The second-order valence-corrected chi connectivity index (χ2v) is 4.54. The molecule has 3 aromatic rings. The first-order chi connectivity index (χ1) is 11.1. The van der Waals surface area contributed by atoms with Crippen molar-refractivity contribution in [2.45, 2.75) is 0 Å². The third-order valence-electron chi connectivity index (χ3n) is 3.17. The fourth-order valence-corrected chi connectivity index (χ4v) is 2.09. The third-order valence-corrected chi connectivity index (χ3v) is 3.17. The molecular weight excluding hydrogens is 302 g/mol. The maximum atomic E-state index is 12.4. The van der Waals surface area contributed by atoms with E-state index in [1.54, 1.807) is 18.2 Å². The van der Waals surface area contributed by atoms with Crippen molar-refractivity contribution in [3.8, 4) is 11.5 Å².